The Morgan fingerprint density at radius 3 is 2.88 bits per heavy atom. The molecule has 1 unspecified atom stereocenters. The van der Waals surface area contributed by atoms with Crippen LogP contribution in [0.3, 0.4) is 0 Å². The van der Waals surface area contributed by atoms with Gasteiger partial charge in [-0.3, -0.25) is 0 Å². The van der Waals surface area contributed by atoms with Crippen molar-refractivity contribution in [1.82, 2.24) is 10.2 Å². The van der Waals surface area contributed by atoms with Gasteiger partial charge in [-0.2, -0.15) is 0 Å². The van der Waals surface area contributed by atoms with E-state index < -0.39 is 0 Å². The standard InChI is InChI=1S/C11H10Cl2N2OS/c1-7(11-15-14-10(6-12)17-11)16-9-4-2-3-8(13)5-9/h2-5,7H,6H2,1H3. The van der Waals surface area contributed by atoms with Crippen LogP contribution in [0.2, 0.25) is 5.02 Å². The monoisotopic (exact) mass is 288 g/mol. The number of halogens is 2. The molecule has 2 rings (SSSR count). The molecule has 0 bridgehead atoms. The number of aromatic nitrogens is 2. The molecule has 3 nitrogen and oxygen atoms in total. The maximum atomic E-state index is 5.88. The fourth-order valence-electron chi connectivity index (χ4n) is 1.28. The number of nitrogens with zero attached hydrogens (tertiary/aromatic N) is 2. The lowest BCUT2D eigenvalue weighted by molar-refractivity contribution is 0.225. The van der Waals surface area contributed by atoms with E-state index in [-0.39, 0.29) is 6.10 Å². The van der Waals surface area contributed by atoms with Crippen LogP contribution < -0.4 is 4.74 Å². The van der Waals surface area contributed by atoms with Crippen LogP contribution in [-0.4, -0.2) is 10.2 Å². The van der Waals surface area contributed by atoms with E-state index in [9.17, 15) is 0 Å². The third kappa shape index (κ3) is 3.31. The van der Waals surface area contributed by atoms with Gasteiger partial charge in [-0.25, -0.2) is 0 Å². The minimum atomic E-state index is -0.164. The van der Waals surface area contributed by atoms with Crippen LogP contribution in [-0.2, 0) is 5.88 Å². The fraction of sp³-hybridized carbons (Fsp3) is 0.273. The van der Waals surface area contributed by atoms with Gasteiger partial charge in [0.25, 0.3) is 0 Å². The van der Waals surface area contributed by atoms with Crippen LogP contribution in [0.1, 0.15) is 23.0 Å². The Balaban J connectivity index is 2.08. The van der Waals surface area contributed by atoms with Gasteiger partial charge in [-0.05, 0) is 25.1 Å². The van der Waals surface area contributed by atoms with Gasteiger partial charge in [0.05, 0.1) is 5.88 Å². The Bertz CT molecular complexity index is 504. The summed E-state index contributed by atoms with van der Waals surface area (Å²) < 4.78 is 5.72. The average Bonchev–Trinajstić information content (AvgIpc) is 2.77. The van der Waals surface area contributed by atoms with E-state index in [4.69, 9.17) is 27.9 Å². The zero-order valence-corrected chi connectivity index (χ0v) is 11.4. The highest BCUT2D eigenvalue weighted by Crippen LogP contribution is 2.26. The molecule has 1 aromatic heterocycles. The normalized spacial score (nSPS) is 12.4. The molecular weight excluding hydrogens is 279 g/mol. The summed E-state index contributed by atoms with van der Waals surface area (Å²) in [5.74, 6) is 1.09. The molecule has 0 saturated heterocycles. The quantitative estimate of drug-likeness (QED) is 0.796. The molecule has 1 aromatic carbocycles. The Labute approximate surface area is 113 Å². The lowest BCUT2D eigenvalue weighted by atomic mass is 10.3. The number of hydrogen-bond donors (Lipinski definition) is 0. The van der Waals surface area contributed by atoms with Crippen molar-refractivity contribution in [1.29, 1.82) is 0 Å². The number of hydrogen-bond acceptors (Lipinski definition) is 4. The van der Waals surface area contributed by atoms with Gasteiger partial charge in [0.1, 0.15) is 16.9 Å². The summed E-state index contributed by atoms with van der Waals surface area (Å²) in [4.78, 5) is 0. The Morgan fingerprint density at radius 1 is 1.41 bits per heavy atom. The Kier molecular flexibility index (Phi) is 4.20. The van der Waals surface area contributed by atoms with E-state index in [1.165, 1.54) is 11.3 Å². The second-order valence-electron chi connectivity index (χ2n) is 3.39. The van der Waals surface area contributed by atoms with Crippen LogP contribution in [0.4, 0.5) is 0 Å². The molecule has 0 radical (unpaired) electrons. The van der Waals surface area contributed by atoms with Crippen LogP contribution in [0.15, 0.2) is 24.3 Å². The van der Waals surface area contributed by atoms with Crippen molar-refractivity contribution < 1.29 is 4.74 Å². The molecule has 0 aliphatic carbocycles. The second-order valence-corrected chi connectivity index (χ2v) is 5.18. The summed E-state index contributed by atoms with van der Waals surface area (Å²) in [5, 5.41) is 10.2. The summed E-state index contributed by atoms with van der Waals surface area (Å²) in [5.41, 5.74) is 0. The van der Waals surface area contributed by atoms with Gasteiger partial charge in [0.15, 0.2) is 5.01 Å². The molecule has 0 aliphatic rings. The van der Waals surface area contributed by atoms with E-state index in [1.54, 1.807) is 12.1 Å². The summed E-state index contributed by atoms with van der Waals surface area (Å²) in [6.45, 7) is 1.92. The van der Waals surface area contributed by atoms with Crippen LogP contribution in [0.5, 0.6) is 5.75 Å². The van der Waals surface area contributed by atoms with Crippen molar-refractivity contribution in [2.75, 3.05) is 0 Å². The van der Waals surface area contributed by atoms with E-state index in [0.29, 0.717) is 16.7 Å². The first-order valence-electron chi connectivity index (χ1n) is 4.99. The summed E-state index contributed by atoms with van der Waals surface area (Å²) >= 11 is 13.0. The van der Waals surface area contributed by atoms with Crippen LogP contribution in [0, 0.1) is 0 Å². The molecule has 0 saturated carbocycles. The van der Waals surface area contributed by atoms with Crippen molar-refractivity contribution in [3.05, 3.63) is 39.3 Å². The van der Waals surface area contributed by atoms with Crippen molar-refractivity contribution in [3.63, 3.8) is 0 Å². The molecular formula is C11H10Cl2N2OS. The zero-order chi connectivity index (χ0) is 12.3. The first-order chi connectivity index (χ1) is 8.19. The lowest BCUT2D eigenvalue weighted by Crippen LogP contribution is -2.02. The number of rotatable bonds is 4. The fourth-order valence-corrected chi connectivity index (χ4v) is 2.35. The highest BCUT2D eigenvalue weighted by Gasteiger charge is 2.13. The molecule has 0 amide bonds. The Morgan fingerprint density at radius 2 is 2.24 bits per heavy atom. The van der Waals surface area contributed by atoms with E-state index >= 15 is 0 Å². The highest BCUT2D eigenvalue weighted by atomic mass is 35.5. The summed E-state index contributed by atoms with van der Waals surface area (Å²) in [6, 6.07) is 7.26. The number of benzene rings is 1. The lowest BCUT2D eigenvalue weighted by Gasteiger charge is -2.11. The van der Waals surface area contributed by atoms with Crippen molar-refractivity contribution in [3.8, 4) is 5.75 Å². The third-order valence-corrected chi connectivity index (χ3v) is 3.78. The van der Waals surface area contributed by atoms with Gasteiger partial charge in [-0.1, -0.05) is 29.0 Å². The number of alkyl halides is 1. The summed E-state index contributed by atoms with van der Waals surface area (Å²) in [6.07, 6.45) is -0.164. The maximum absolute atomic E-state index is 5.88. The first kappa shape index (κ1) is 12.6. The minimum absolute atomic E-state index is 0.164. The highest BCUT2D eigenvalue weighted by molar-refractivity contribution is 7.11. The molecule has 0 spiro atoms. The van der Waals surface area contributed by atoms with Gasteiger partial charge in [0, 0.05) is 5.02 Å². The van der Waals surface area contributed by atoms with Crippen molar-refractivity contribution in [2.45, 2.75) is 18.9 Å². The number of ether oxygens (including phenoxy) is 1. The maximum Gasteiger partial charge on any atom is 0.157 e. The van der Waals surface area contributed by atoms with E-state index in [0.717, 1.165) is 10.0 Å². The molecule has 6 heteroatoms. The molecule has 0 aliphatic heterocycles. The second kappa shape index (κ2) is 5.67. The van der Waals surface area contributed by atoms with Crippen LogP contribution >= 0.6 is 34.5 Å². The van der Waals surface area contributed by atoms with Gasteiger partial charge in [-0.15, -0.1) is 21.8 Å². The molecule has 1 atom stereocenters. The molecule has 1 heterocycles. The van der Waals surface area contributed by atoms with E-state index in [2.05, 4.69) is 10.2 Å². The third-order valence-electron chi connectivity index (χ3n) is 2.05. The Hall–Kier alpha value is -0.840. The molecule has 0 N–H and O–H groups in total. The first-order valence-corrected chi connectivity index (χ1v) is 6.72. The molecule has 0 fully saturated rings. The molecule has 90 valence electrons. The molecule has 17 heavy (non-hydrogen) atoms. The predicted octanol–water partition coefficient (Wildman–Crippen LogP) is 4.07. The van der Waals surface area contributed by atoms with E-state index in [1.807, 2.05) is 19.1 Å². The smallest absolute Gasteiger partial charge is 0.157 e. The van der Waals surface area contributed by atoms with Gasteiger partial charge >= 0.3 is 0 Å². The zero-order valence-electron chi connectivity index (χ0n) is 9.06. The summed E-state index contributed by atoms with van der Waals surface area (Å²) in [7, 11) is 0. The average molecular weight is 289 g/mol. The molecule has 2 aromatic rings. The van der Waals surface area contributed by atoms with Crippen molar-refractivity contribution >= 4 is 34.5 Å². The van der Waals surface area contributed by atoms with Crippen LogP contribution in [0.25, 0.3) is 0 Å². The van der Waals surface area contributed by atoms with Gasteiger partial charge in [0.2, 0.25) is 0 Å². The largest absolute Gasteiger partial charge is 0.483 e. The van der Waals surface area contributed by atoms with Crippen molar-refractivity contribution in [2.24, 2.45) is 0 Å². The topological polar surface area (TPSA) is 35.0 Å². The van der Waals surface area contributed by atoms with Gasteiger partial charge < -0.3 is 4.74 Å². The minimum Gasteiger partial charge on any atom is -0.483 e. The predicted molar refractivity (Wildman–Crippen MR) is 70.0 cm³/mol. The SMILES string of the molecule is CC(Oc1cccc(Cl)c1)c1nnc(CCl)s1.